The van der Waals surface area contributed by atoms with Crippen molar-refractivity contribution in [2.24, 2.45) is 5.92 Å². The number of carbonyl (C=O) groups excluding carboxylic acids is 1. The highest BCUT2D eigenvalue weighted by atomic mass is 35.5. The van der Waals surface area contributed by atoms with E-state index in [0.29, 0.717) is 31.1 Å². The Hall–Kier alpha value is -1.41. The van der Waals surface area contributed by atoms with E-state index in [4.69, 9.17) is 11.6 Å². The second-order valence-electron chi connectivity index (χ2n) is 7.44. The highest BCUT2D eigenvalue weighted by Gasteiger charge is 2.31. The lowest BCUT2D eigenvalue weighted by Gasteiger charge is -2.30. The van der Waals surface area contributed by atoms with Gasteiger partial charge in [0.05, 0.1) is 11.6 Å². The molecule has 1 aliphatic heterocycles. The summed E-state index contributed by atoms with van der Waals surface area (Å²) in [6.07, 6.45) is 1.85. The molecule has 1 amide bonds. The molecule has 8 heteroatoms. The second kappa shape index (κ2) is 8.53. The number of sulfonamides is 1. The first-order chi connectivity index (χ1) is 13.2. The minimum Gasteiger partial charge on any atom is -0.337 e. The number of rotatable bonds is 5. The van der Waals surface area contributed by atoms with E-state index in [9.17, 15) is 13.2 Å². The average molecular weight is 441 g/mol. The van der Waals surface area contributed by atoms with Gasteiger partial charge in [-0.1, -0.05) is 18.5 Å². The summed E-state index contributed by atoms with van der Waals surface area (Å²) in [4.78, 5) is 15.6. The summed E-state index contributed by atoms with van der Waals surface area (Å²) in [5.41, 5.74) is 1.47. The van der Waals surface area contributed by atoms with Gasteiger partial charge in [0.25, 0.3) is 5.91 Å². The Morgan fingerprint density at radius 3 is 2.75 bits per heavy atom. The Bertz CT molecular complexity index is 972. The van der Waals surface area contributed by atoms with Crippen molar-refractivity contribution in [1.29, 1.82) is 0 Å². The van der Waals surface area contributed by atoms with Crippen molar-refractivity contribution in [2.45, 2.75) is 38.1 Å². The molecule has 0 spiro atoms. The van der Waals surface area contributed by atoms with E-state index >= 15 is 0 Å². The second-order valence-corrected chi connectivity index (χ2v) is 10.8. The lowest BCUT2D eigenvalue weighted by molar-refractivity contribution is 0.0786. The molecule has 3 rings (SSSR count). The Morgan fingerprint density at radius 2 is 2.11 bits per heavy atom. The Kier molecular flexibility index (Phi) is 6.49. The van der Waals surface area contributed by atoms with Crippen molar-refractivity contribution < 1.29 is 13.2 Å². The lowest BCUT2D eigenvalue weighted by atomic mass is 10.0. The molecule has 1 unspecified atom stereocenters. The first-order valence-corrected chi connectivity index (χ1v) is 12.0. The quantitative estimate of drug-likeness (QED) is 0.692. The van der Waals surface area contributed by atoms with Crippen LogP contribution in [-0.4, -0.2) is 43.7 Å². The normalized spacial score (nSPS) is 18.2. The van der Waals surface area contributed by atoms with Crippen LogP contribution in [0.3, 0.4) is 0 Å². The summed E-state index contributed by atoms with van der Waals surface area (Å²) in [5.74, 6) is 0.0835. The van der Waals surface area contributed by atoms with Crippen molar-refractivity contribution in [3.8, 4) is 0 Å². The number of hydrogen-bond acceptors (Lipinski definition) is 4. The molecule has 1 fully saturated rings. The number of aryl methyl sites for hydroxylation is 1. The molecule has 0 N–H and O–H groups in total. The summed E-state index contributed by atoms with van der Waals surface area (Å²) in [5, 5.41) is 2.14. The van der Waals surface area contributed by atoms with E-state index in [-0.39, 0.29) is 15.8 Å². The Labute approximate surface area is 176 Å². The third-order valence-electron chi connectivity index (χ3n) is 5.11. The zero-order valence-electron chi connectivity index (χ0n) is 16.3. The summed E-state index contributed by atoms with van der Waals surface area (Å²) in [6, 6.07) is 6.52. The van der Waals surface area contributed by atoms with E-state index in [1.807, 2.05) is 25.3 Å². The predicted molar refractivity (Wildman–Crippen MR) is 113 cm³/mol. The molecule has 1 aromatic carbocycles. The molecule has 2 heterocycles. The molecule has 152 valence electrons. The molecule has 1 saturated heterocycles. The van der Waals surface area contributed by atoms with Crippen LogP contribution < -0.4 is 0 Å². The van der Waals surface area contributed by atoms with Crippen LogP contribution in [0.5, 0.6) is 0 Å². The molecule has 1 aromatic heterocycles. The number of thiophene rings is 1. The van der Waals surface area contributed by atoms with Gasteiger partial charge in [-0.3, -0.25) is 4.79 Å². The lowest BCUT2D eigenvalue weighted by Crippen LogP contribution is -2.39. The van der Waals surface area contributed by atoms with Crippen molar-refractivity contribution >= 4 is 38.9 Å². The molecule has 2 aromatic rings. The maximum absolute atomic E-state index is 13.1. The summed E-state index contributed by atoms with van der Waals surface area (Å²) < 4.78 is 27.7. The zero-order chi connectivity index (χ0) is 20.5. The fourth-order valence-corrected chi connectivity index (χ4v) is 6.47. The molecule has 0 radical (unpaired) electrons. The van der Waals surface area contributed by atoms with Crippen molar-refractivity contribution in [2.75, 3.05) is 20.1 Å². The van der Waals surface area contributed by atoms with Crippen molar-refractivity contribution in [3.63, 3.8) is 0 Å². The van der Waals surface area contributed by atoms with Crippen LogP contribution in [0.1, 0.15) is 40.6 Å². The molecule has 0 saturated carbocycles. The van der Waals surface area contributed by atoms with Crippen LogP contribution in [-0.2, 0) is 16.6 Å². The molecule has 0 bridgehead atoms. The highest BCUT2D eigenvalue weighted by Crippen LogP contribution is 2.29. The van der Waals surface area contributed by atoms with Gasteiger partial charge in [0.15, 0.2) is 0 Å². The average Bonchev–Trinajstić information content (AvgIpc) is 3.06. The van der Waals surface area contributed by atoms with Crippen LogP contribution in [0.15, 0.2) is 34.5 Å². The molecule has 28 heavy (non-hydrogen) atoms. The largest absolute Gasteiger partial charge is 0.337 e. The third-order valence-corrected chi connectivity index (χ3v) is 8.47. The summed E-state index contributed by atoms with van der Waals surface area (Å²) in [7, 11) is -2.01. The maximum atomic E-state index is 13.1. The topological polar surface area (TPSA) is 57.7 Å². The first kappa shape index (κ1) is 21.3. The predicted octanol–water partition coefficient (Wildman–Crippen LogP) is 4.40. The molecular weight excluding hydrogens is 416 g/mol. The van der Waals surface area contributed by atoms with E-state index in [0.717, 1.165) is 23.3 Å². The monoisotopic (exact) mass is 440 g/mol. The first-order valence-electron chi connectivity index (χ1n) is 9.28. The number of hydrogen-bond donors (Lipinski definition) is 0. The fourth-order valence-electron chi connectivity index (χ4n) is 3.41. The zero-order valence-corrected chi connectivity index (χ0v) is 18.7. The van der Waals surface area contributed by atoms with Crippen LogP contribution in [0, 0.1) is 12.8 Å². The minimum atomic E-state index is -3.73. The molecule has 1 aliphatic rings. The van der Waals surface area contributed by atoms with Gasteiger partial charge in [-0.15, -0.1) is 11.3 Å². The van der Waals surface area contributed by atoms with Gasteiger partial charge in [0.2, 0.25) is 10.0 Å². The van der Waals surface area contributed by atoms with Crippen LogP contribution in [0.25, 0.3) is 0 Å². The van der Waals surface area contributed by atoms with E-state index < -0.39 is 10.0 Å². The Balaban J connectivity index is 1.86. The van der Waals surface area contributed by atoms with Crippen molar-refractivity contribution in [1.82, 2.24) is 9.21 Å². The van der Waals surface area contributed by atoms with Gasteiger partial charge in [-0.25, -0.2) is 8.42 Å². The molecule has 5 nitrogen and oxygen atoms in total. The fraction of sp³-hybridized carbons (Fsp3) is 0.450. The van der Waals surface area contributed by atoms with Gasteiger partial charge >= 0.3 is 0 Å². The van der Waals surface area contributed by atoms with Gasteiger partial charge in [-0.2, -0.15) is 4.31 Å². The van der Waals surface area contributed by atoms with E-state index in [2.05, 4.69) is 0 Å². The maximum Gasteiger partial charge on any atom is 0.253 e. The van der Waals surface area contributed by atoms with Crippen LogP contribution in [0.4, 0.5) is 0 Å². The number of halogens is 1. The molecular formula is C20H25ClN2O3S2. The third kappa shape index (κ3) is 4.43. The van der Waals surface area contributed by atoms with Crippen LogP contribution in [0.2, 0.25) is 5.02 Å². The van der Waals surface area contributed by atoms with Crippen LogP contribution >= 0.6 is 22.9 Å². The summed E-state index contributed by atoms with van der Waals surface area (Å²) in [6.45, 7) is 5.51. The molecule has 1 atom stereocenters. The molecule has 0 aliphatic carbocycles. The van der Waals surface area contributed by atoms with Gasteiger partial charge in [0, 0.05) is 30.6 Å². The van der Waals surface area contributed by atoms with Gasteiger partial charge in [-0.05, 0) is 60.9 Å². The number of nitrogens with zero attached hydrogens (tertiary/aromatic N) is 2. The number of carbonyl (C=O) groups is 1. The SMILES string of the molecule is Cc1ccsc1CN(C)C(=O)c1ccc(Cl)c(S(=O)(=O)N2CCCC(C)C2)c1. The van der Waals surface area contributed by atoms with Gasteiger partial charge in [0.1, 0.15) is 4.90 Å². The van der Waals surface area contributed by atoms with Gasteiger partial charge < -0.3 is 4.90 Å². The van der Waals surface area contributed by atoms with Crippen molar-refractivity contribution in [3.05, 3.63) is 50.7 Å². The Morgan fingerprint density at radius 1 is 1.36 bits per heavy atom. The summed E-state index contributed by atoms with van der Waals surface area (Å²) >= 11 is 7.83. The number of amides is 1. The minimum absolute atomic E-state index is 0.00909. The standard InChI is InChI=1S/C20H25ClN2O3S2/c1-14-5-4-9-23(12-14)28(25,26)19-11-16(6-7-17(19)21)20(24)22(3)13-18-15(2)8-10-27-18/h6-8,10-11,14H,4-5,9,12-13H2,1-3H3. The number of benzene rings is 1. The van der Waals surface area contributed by atoms with E-state index in [1.54, 1.807) is 29.4 Å². The van der Waals surface area contributed by atoms with E-state index in [1.165, 1.54) is 16.4 Å². The number of piperidine rings is 1. The smallest absolute Gasteiger partial charge is 0.253 e. The highest BCUT2D eigenvalue weighted by molar-refractivity contribution is 7.89.